The highest BCUT2D eigenvalue weighted by atomic mass is 16.4. The molecule has 0 radical (unpaired) electrons. The first-order chi connectivity index (χ1) is 9.99. The van der Waals surface area contributed by atoms with E-state index in [2.05, 4.69) is 5.32 Å². The molecule has 0 unspecified atom stereocenters. The molecule has 0 spiro atoms. The van der Waals surface area contributed by atoms with Crippen molar-refractivity contribution in [3.63, 3.8) is 0 Å². The van der Waals surface area contributed by atoms with Crippen molar-refractivity contribution >= 4 is 23.3 Å². The monoisotopic (exact) mass is 286 g/mol. The fourth-order valence-corrected chi connectivity index (χ4v) is 2.39. The minimum Gasteiger partial charge on any atom is -0.550 e. The molecule has 110 valence electrons. The van der Waals surface area contributed by atoms with Crippen LogP contribution in [0.3, 0.4) is 0 Å². The Morgan fingerprint density at radius 3 is 2.14 bits per heavy atom. The summed E-state index contributed by atoms with van der Waals surface area (Å²) in [5.41, 5.74) is 1.10. The number of ketones is 1. The molecule has 1 aromatic rings. The molecule has 1 amide bonds. The van der Waals surface area contributed by atoms with E-state index in [1.54, 1.807) is 30.3 Å². The van der Waals surface area contributed by atoms with Crippen LogP contribution in [0.1, 0.15) is 30.1 Å². The van der Waals surface area contributed by atoms with Gasteiger partial charge in [0.2, 0.25) is 5.91 Å². The van der Waals surface area contributed by atoms with Crippen LogP contribution < -0.4 is 10.4 Å². The third-order valence-corrected chi connectivity index (χ3v) is 3.63. The van der Waals surface area contributed by atoms with Crippen molar-refractivity contribution in [2.75, 3.05) is 5.32 Å². The Morgan fingerprint density at radius 2 is 1.62 bits per heavy atom. The lowest BCUT2D eigenvalue weighted by atomic mass is 9.82. The minimum atomic E-state index is -1.20. The number of benzene rings is 1. The first-order valence-electron chi connectivity index (χ1n) is 6.76. The summed E-state index contributed by atoms with van der Waals surface area (Å²) in [5.74, 6) is -3.03. The van der Waals surface area contributed by atoms with Crippen LogP contribution in [0, 0.1) is 11.8 Å². The van der Waals surface area contributed by atoms with Crippen LogP contribution in [0.4, 0.5) is 5.69 Å². The van der Waals surface area contributed by atoms with E-state index in [0.29, 0.717) is 24.1 Å². The summed E-state index contributed by atoms with van der Waals surface area (Å²) >= 11 is 0. The van der Waals surface area contributed by atoms with E-state index in [9.17, 15) is 19.5 Å². The maximum absolute atomic E-state index is 12.2. The summed E-state index contributed by atoms with van der Waals surface area (Å²) in [6.07, 6.45) is 4.26. The molecule has 2 atom stereocenters. The zero-order valence-electron chi connectivity index (χ0n) is 11.7. The quantitative estimate of drug-likeness (QED) is 0.664. The van der Waals surface area contributed by atoms with Gasteiger partial charge in [-0.05, 0) is 44.0 Å². The number of hydrogen-bond donors (Lipinski definition) is 1. The van der Waals surface area contributed by atoms with Gasteiger partial charge >= 0.3 is 0 Å². The van der Waals surface area contributed by atoms with E-state index in [1.165, 1.54) is 6.92 Å². The normalized spacial score (nSPS) is 20.8. The molecule has 21 heavy (non-hydrogen) atoms. The molecule has 0 heterocycles. The number of rotatable bonds is 4. The van der Waals surface area contributed by atoms with Crippen molar-refractivity contribution < 1.29 is 19.5 Å². The number of nitrogens with one attached hydrogen (secondary N) is 1. The molecule has 0 aromatic heterocycles. The number of amides is 1. The maximum Gasteiger partial charge on any atom is 0.228 e. The maximum atomic E-state index is 12.2. The molecule has 1 aliphatic carbocycles. The predicted octanol–water partition coefficient (Wildman–Crippen LogP) is 1.16. The van der Waals surface area contributed by atoms with Crippen LogP contribution >= 0.6 is 0 Å². The molecule has 0 saturated heterocycles. The number of carboxylic acid groups (broad SMARTS) is 1. The summed E-state index contributed by atoms with van der Waals surface area (Å²) < 4.78 is 0. The number of aliphatic carboxylic acids is 1. The van der Waals surface area contributed by atoms with E-state index >= 15 is 0 Å². The molecular weight excluding hydrogens is 270 g/mol. The number of allylic oxidation sites excluding steroid dienone is 2. The van der Waals surface area contributed by atoms with Gasteiger partial charge in [-0.2, -0.15) is 0 Å². The Hall–Kier alpha value is -2.43. The predicted molar refractivity (Wildman–Crippen MR) is 75.4 cm³/mol. The average Bonchev–Trinajstić information content (AvgIpc) is 2.47. The summed E-state index contributed by atoms with van der Waals surface area (Å²) in [7, 11) is 0. The van der Waals surface area contributed by atoms with Crippen LogP contribution in [0.2, 0.25) is 0 Å². The first kappa shape index (κ1) is 15.0. The van der Waals surface area contributed by atoms with Gasteiger partial charge in [-0.3, -0.25) is 9.59 Å². The summed E-state index contributed by atoms with van der Waals surface area (Å²) in [6, 6.07) is 6.49. The van der Waals surface area contributed by atoms with Gasteiger partial charge in [0.25, 0.3) is 0 Å². The molecule has 0 aliphatic heterocycles. The van der Waals surface area contributed by atoms with E-state index < -0.39 is 17.8 Å². The van der Waals surface area contributed by atoms with Gasteiger partial charge in [-0.25, -0.2) is 0 Å². The second-order valence-corrected chi connectivity index (χ2v) is 5.10. The molecule has 1 aliphatic rings. The Balaban J connectivity index is 2.08. The van der Waals surface area contributed by atoms with Gasteiger partial charge in [0, 0.05) is 23.1 Å². The molecule has 2 rings (SSSR count). The van der Waals surface area contributed by atoms with Crippen LogP contribution in [-0.2, 0) is 9.59 Å². The number of carbonyl (C=O) groups excluding carboxylic acids is 3. The first-order valence-corrected chi connectivity index (χ1v) is 6.76. The van der Waals surface area contributed by atoms with Gasteiger partial charge in [-0.15, -0.1) is 0 Å². The molecule has 5 nitrogen and oxygen atoms in total. The van der Waals surface area contributed by atoms with E-state index in [-0.39, 0.29) is 11.7 Å². The molecule has 0 fully saturated rings. The largest absolute Gasteiger partial charge is 0.550 e. The van der Waals surface area contributed by atoms with Gasteiger partial charge in [0.05, 0.1) is 5.92 Å². The topological polar surface area (TPSA) is 86.3 Å². The number of carboxylic acids is 1. The standard InChI is InChI=1S/C16H17NO4/c1-10(18)11-6-8-12(9-7-11)17-15(19)13-4-2-3-5-14(13)16(20)21/h2-3,6-9,13-14H,4-5H2,1H3,(H,17,19)(H,20,21)/p-1/t13-,14-/m1/s1. The van der Waals surface area contributed by atoms with Crippen molar-refractivity contribution in [2.24, 2.45) is 11.8 Å². The highest BCUT2D eigenvalue weighted by molar-refractivity contribution is 5.97. The number of hydrogen-bond acceptors (Lipinski definition) is 4. The van der Waals surface area contributed by atoms with Gasteiger partial charge < -0.3 is 15.2 Å². The molecule has 1 aromatic carbocycles. The highest BCUT2D eigenvalue weighted by Crippen LogP contribution is 2.26. The van der Waals surface area contributed by atoms with E-state index in [1.807, 2.05) is 6.08 Å². The molecule has 5 heteroatoms. The Bertz CT molecular complexity index is 589. The fourth-order valence-electron chi connectivity index (χ4n) is 2.39. The Labute approximate surface area is 122 Å². The van der Waals surface area contributed by atoms with Crippen molar-refractivity contribution in [1.29, 1.82) is 0 Å². The van der Waals surface area contributed by atoms with Crippen LogP contribution in [0.5, 0.6) is 0 Å². The molecule has 1 N–H and O–H groups in total. The lowest BCUT2D eigenvalue weighted by Gasteiger charge is -2.28. The average molecular weight is 286 g/mol. The lowest BCUT2D eigenvalue weighted by Crippen LogP contribution is -2.41. The highest BCUT2D eigenvalue weighted by Gasteiger charge is 2.29. The summed E-state index contributed by atoms with van der Waals surface area (Å²) in [4.78, 5) is 34.5. The zero-order chi connectivity index (χ0) is 15.4. The number of Topliss-reactive ketones (excluding diaryl/α,β-unsaturated/α-hetero) is 1. The van der Waals surface area contributed by atoms with Gasteiger partial charge in [-0.1, -0.05) is 12.2 Å². The fraction of sp³-hybridized carbons (Fsp3) is 0.312. The molecule has 0 bridgehead atoms. The van der Waals surface area contributed by atoms with Crippen LogP contribution in [0.25, 0.3) is 0 Å². The van der Waals surface area contributed by atoms with E-state index in [0.717, 1.165) is 0 Å². The van der Waals surface area contributed by atoms with Crippen molar-refractivity contribution in [1.82, 2.24) is 0 Å². The molecular formula is C16H16NO4-. The summed E-state index contributed by atoms with van der Waals surface area (Å²) in [5, 5.41) is 13.8. The number of anilines is 1. The zero-order valence-corrected chi connectivity index (χ0v) is 11.7. The minimum absolute atomic E-state index is 0.0534. The SMILES string of the molecule is CC(=O)c1ccc(NC(=O)[C@@H]2CC=CC[C@H]2C(=O)[O-])cc1. The van der Waals surface area contributed by atoms with Gasteiger partial charge in [0.15, 0.2) is 5.78 Å². The Morgan fingerprint density at radius 1 is 1.05 bits per heavy atom. The Kier molecular flexibility index (Phi) is 4.52. The second kappa shape index (κ2) is 6.35. The van der Waals surface area contributed by atoms with Crippen LogP contribution in [-0.4, -0.2) is 17.7 Å². The second-order valence-electron chi connectivity index (χ2n) is 5.10. The molecule has 0 saturated carbocycles. The van der Waals surface area contributed by atoms with Gasteiger partial charge in [0.1, 0.15) is 0 Å². The van der Waals surface area contributed by atoms with Crippen LogP contribution in [0.15, 0.2) is 36.4 Å². The van der Waals surface area contributed by atoms with Crippen molar-refractivity contribution in [2.45, 2.75) is 19.8 Å². The smallest absolute Gasteiger partial charge is 0.228 e. The lowest BCUT2D eigenvalue weighted by molar-refractivity contribution is -0.313. The van der Waals surface area contributed by atoms with Crippen molar-refractivity contribution in [3.8, 4) is 0 Å². The number of carbonyl (C=O) groups is 3. The third kappa shape index (κ3) is 3.56. The summed E-state index contributed by atoms with van der Waals surface area (Å²) in [6.45, 7) is 1.46. The van der Waals surface area contributed by atoms with E-state index in [4.69, 9.17) is 0 Å². The van der Waals surface area contributed by atoms with Crippen molar-refractivity contribution in [3.05, 3.63) is 42.0 Å². The third-order valence-electron chi connectivity index (χ3n) is 3.63.